The lowest BCUT2D eigenvalue weighted by molar-refractivity contribution is -0.153. The summed E-state index contributed by atoms with van der Waals surface area (Å²) in [6, 6.07) is 17.5. The Kier molecular flexibility index (Phi) is 5.85. The van der Waals surface area contributed by atoms with Crippen LogP contribution in [0, 0.1) is 12.3 Å². The van der Waals surface area contributed by atoms with Gasteiger partial charge in [0, 0.05) is 29.0 Å². The highest BCUT2D eigenvalue weighted by atomic mass is 19.4. The number of nitrogens with zero attached hydrogens (tertiary/aromatic N) is 1. The maximum absolute atomic E-state index is 12.5. The number of ether oxygens (including phenoxy) is 2. The average Bonchev–Trinajstić information content (AvgIpc) is 2.71. The van der Waals surface area contributed by atoms with Gasteiger partial charge in [-0.2, -0.15) is 13.2 Å². The van der Waals surface area contributed by atoms with Crippen LogP contribution in [0.1, 0.15) is 11.1 Å². The molecule has 3 rings (SSSR count). The molecule has 0 aliphatic heterocycles. The summed E-state index contributed by atoms with van der Waals surface area (Å²) in [5.74, 6) is 2.94. The highest BCUT2D eigenvalue weighted by molar-refractivity contribution is 5.71. The Morgan fingerprint density at radius 2 is 1.75 bits per heavy atom. The van der Waals surface area contributed by atoms with E-state index in [-0.39, 0.29) is 5.75 Å². The summed E-state index contributed by atoms with van der Waals surface area (Å²) in [4.78, 5) is 4.22. The van der Waals surface area contributed by atoms with E-state index in [9.17, 15) is 13.2 Å². The Balaban J connectivity index is 1.79. The van der Waals surface area contributed by atoms with Crippen LogP contribution in [-0.4, -0.2) is 17.8 Å². The Morgan fingerprint density at radius 3 is 2.39 bits per heavy atom. The van der Waals surface area contributed by atoms with Gasteiger partial charge in [0.1, 0.15) is 12.4 Å². The second-order valence-corrected chi connectivity index (χ2v) is 5.92. The van der Waals surface area contributed by atoms with Crippen LogP contribution in [0.15, 0.2) is 66.9 Å². The number of benzene rings is 2. The standard InChI is InChI=1S/C22H16F3NO2/c1-2-16-8-10-20(28-15-22(23,24)25)19(12-16)18-9-11-21(26-13-18)27-14-17-6-4-3-5-7-17/h1,3-13H,14-15H2. The molecule has 0 bridgehead atoms. The molecular weight excluding hydrogens is 367 g/mol. The third-order valence-corrected chi connectivity index (χ3v) is 3.81. The predicted octanol–water partition coefficient (Wildman–Crippen LogP) is 5.25. The number of terminal acetylenes is 1. The molecule has 0 unspecified atom stereocenters. The quantitative estimate of drug-likeness (QED) is 0.545. The topological polar surface area (TPSA) is 31.4 Å². The predicted molar refractivity (Wildman–Crippen MR) is 99.9 cm³/mol. The molecule has 0 aliphatic carbocycles. The molecule has 0 saturated carbocycles. The van der Waals surface area contributed by atoms with E-state index in [1.807, 2.05) is 30.3 Å². The molecule has 0 radical (unpaired) electrons. The number of aromatic nitrogens is 1. The molecule has 142 valence electrons. The molecule has 0 aliphatic rings. The molecule has 3 nitrogen and oxygen atoms in total. The Labute approximate surface area is 160 Å². The average molecular weight is 383 g/mol. The molecule has 1 aromatic heterocycles. The zero-order valence-corrected chi connectivity index (χ0v) is 14.7. The molecule has 0 fully saturated rings. The van der Waals surface area contributed by atoms with Gasteiger partial charge in [0.05, 0.1) is 0 Å². The van der Waals surface area contributed by atoms with Crippen molar-refractivity contribution in [2.75, 3.05) is 6.61 Å². The van der Waals surface area contributed by atoms with Crippen molar-refractivity contribution in [3.8, 4) is 35.1 Å². The normalized spacial score (nSPS) is 10.9. The fraction of sp³-hybridized carbons (Fsp3) is 0.136. The second kappa shape index (κ2) is 8.49. The number of pyridine rings is 1. The van der Waals surface area contributed by atoms with Crippen LogP contribution in [0.2, 0.25) is 0 Å². The molecular formula is C22H16F3NO2. The highest BCUT2D eigenvalue weighted by Crippen LogP contribution is 2.32. The van der Waals surface area contributed by atoms with Gasteiger partial charge in [-0.25, -0.2) is 4.98 Å². The van der Waals surface area contributed by atoms with Crippen molar-refractivity contribution >= 4 is 0 Å². The van der Waals surface area contributed by atoms with Crippen molar-refractivity contribution in [3.05, 3.63) is 78.0 Å². The molecule has 0 spiro atoms. The number of hydrogen-bond acceptors (Lipinski definition) is 3. The van der Waals surface area contributed by atoms with E-state index in [0.29, 0.717) is 29.2 Å². The van der Waals surface area contributed by atoms with Crippen LogP contribution in [0.4, 0.5) is 13.2 Å². The van der Waals surface area contributed by atoms with E-state index < -0.39 is 12.8 Å². The van der Waals surface area contributed by atoms with E-state index >= 15 is 0 Å². The zero-order chi connectivity index (χ0) is 20.0. The summed E-state index contributed by atoms with van der Waals surface area (Å²) in [6.45, 7) is -1.03. The lowest BCUT2D eigenvalue weighted by atomic mass is 10.0. The van der Waals surface area contributed by atoms with E-state index in [0.717, 1.165) is 5.56 Å². The SMILES string of the molecule is C#Cc1ccc(OCC(F)(F)F)c(-c2ccc(OCc3ccccc3)nc2)c1. The minimum absolute atomic E-state index is 0.0797. The third-order valence-electron chi connectivity index (χ3n) is 3.81. The maximum atomic E-state index is 12.5. The van der Waals surface area contributed by atoms with Gasteiger partial charge in [0.2, 0.25) is 5.88 Å². The minimum Gasteiger partial charge on any atom is -0.483 e. The first-order valence-corrected chi connectivity index (χ1v) is 8.38. The van der Waals surface area contributed by atoms with Crippen molar-refractivity contribution in [1.82, 2.24) is 4.98 Å². The molecule has 3 aromatic rings. The van der Waals surface area contributed by atoms with Crippen LogP contribution in [0.25, 0.3) is 11.1 Å². The van der Waals surface area contributed by atoms with Gasteiger partial charge in [-0.05, 0) is 29.8 Å². The minimum atomic E-state index is -4.44. The van der Waals surface area contributed by atoms with E-state index in [1.165, 1.54) is 18.3 Å². The molecule has 2 aromatic carbocycles. The largest absolute Gasteiger partial charge is 0.483 e. The first-order chi connectivity index (χ1) is 13.4. The molecule has 1 heterocycles. The summed E-state index contributed by atoms with van der Waals surface area (Å²) in [7, 11) is 0. The lowest BCUT2D eigenvalue weighted by Gasteiger charge is -2.14. The van der Waals surface area contributed by atoms with Gasteiger partial charge in [-0.1, -0.05) is 36.3 Å². The zero-order valence-electron chi connectivity index (χ0n) is 14.7. The Morgan fingerprint density at radius 1 is 0.964 bits per heavy atom. The highest BCUT2D eigenvalue weighted by Gasteiger charge is 2.29. The Bertz CT molecular complexity index is 962. The fourth-order valence-electron chi connectivity index (χ4n) is 2.49. The molecule has 28 heavy (non-hydrogen) atoms. The van der Waals surface area contributed by atoms with Gasteiger partial charge >= 0.3 is 6.18 Å². The summed E-state index contributed by atoms with van der Waals surface area (Å²) in [5.41, 5.74) is 2.53. The van der Waals surface area contributed by atoms with Crippen molar-refractivity contribution in [2.45, 2.75) is 12.8 Å². The van der Waals surface area contributed by atoms with Crippen LogP contribution < -0.4 is 9.47 Å². The number of halogens is 3. The number of hydrogen-bond donors (Lipinski definition) is 0. The van der Waals surface area contributed by atoms with Gasteiger partial charge in [-0.3, -0.25) is 0 Å². The van der Waals surface area contributed by atoms with E-state index in [4.69, 9.17) is 15.9 Å². The maximum Gasteiger partial charge on any atom is 0.422 e. The Hall–Kier alpha value is -3.46. The molecule has 0 atom stereocenters. The second-order valence-electron chi connectivity index (χ2n) is 5.92. The van der Waals surface area contributed by atoms with Crippen LogP contribution in [-0.2, 0) is 6.61 Å². The van der Waals surface area contributed by atoms with Crippen LogP contribution >= 0.6 is 0 Å². The van der Waals surface area contributed by atoms with Crippen molar-refractivity contribution in [3.63, 3.8) is 0 Å². The summed E-state index contributed by atoms with van der Waals surface area (Å²) >= 11 is 0. The van der Waals surface area contributed by atoms with Crippen molar-refractivity contribution in [2.24, 2.45) is 0 Å². The molecule has 0 amide bonds. The van der Waals surface area contributed by atoms with Crippen LogP contribution in [0.3, 0.4) is 0 Å². The number of rotatable bonds is 6. The molecule has 0 N–H and O–H groups in total. The van der Waals surface area contributed by atoms with Gasteiger partial charge < -0.3 is 9.47 Å². The van der Waals surface area contributed by atoms with Gasteiger partial charge in [0.15, 0.2) is 6.61 Å². The van der Waals surface area contributed by atoms with Gasteiger partial charge in [-0.15, -0.1) is 6.42 Å². The van der Waals surface area contributed by atoms with Crippen LogP contribution in [0.5, 0.6) is 11.6 Å². The van der Waals surface area contributed by atoms with Gasteiger partial charge in [0.25, 0.3) is 0 Å². The fourth-order valence-corrected chi connectivity index (χ4v) is 2.49. The van der Waals surface area contributed by atoms with Crippen molar-refractivity contribution in [1.29, 1.82) is 0 Å². The first-order valence-electron chi connectivity index (χ1n) is 8.38. The number of alkyl halides is 3. The summed E-state index contributed by atoms with van der Waals surface area (Å²) < 4.78 is 48.1. The molecule has 6 heteroatoms. The van der Waals surface area contributed by atoms with Crippen molar-refractivity contribution < 1.29 is 22.6 Å². The lowest BCUT2D eigenvalue weighted by Crippen LogP contribution is -2.19. The monoisotopic (exact) mass is 383 g/mol. The molecule has 0 saturated heterocycles. The summed E-state index contributed by atoms with van der Waals surface area (Å²) in [5, 5.41) is 0. The van der Waals surface area contributed by atoms with E-state index in [1.54, 1.807) is 18.2 Å². The van der Waals surface area contributed by atoms with E-state index in [2.05, 4.69) is 10.9 Å². The third kappa shape index (κ3) is 5.27. The first kappa shape index (κ1) is 19.3. The smallest absolute Gasteiger partial charge is 0.422 e. The summed E-state index contributed by atoms with van der Waals surface area (Å²) in [6.07, 6.45) is 2.48.